The van der Waals surface area contributed by atoms with Gasteiger partial charge in [-0.05, 0) is 94.2 Å². The standard InChI is InChI=1S/C29H40O4S/c1-9-10-11-12-15-34-26-18(2)16-23(17-19(26)3)24(30)13-14-29(7)22(6)20(4)25(28(31)32)21(5)27(29)33-8/h13-14,16-17,27H,9-12,15H2,1-8H3,(H,31,32). The van der Waals surface area contributed by atoms with Crippen molar-refractivity contribution in [3.8, 4) is 0 Å². The molecular weight excluding hydrogens is 444 g/mol. The number of carboxylic acids is 1. The lowest BCUT2D eigenvalue weighted by Gasteiger charge is -2.41. The largest absolute Gasteiger partial charge is 0.478 e. The van der Waals surface area contributed by atoms with E-state index in [0.717, 1.165) is 28.0 Å². The third-order valence-corrected chi connectivity index (χ3v) is 8.52. The summed E-state index contributed by atoms with van der Waals surface area (Å²) in [5.74, 6) is 0.0904. The van der Waals surface area contributed by atoms with Gasteiger partial charge >= 0.3 is 5.97 Å². The number of ketones is 1. The van der Waals surface area contributed by atoms with Gasteiger partial charge in [-0.15, -0.1) is 11.8 Å². The maximum absolute atomic E-state index is 13.2. The molecule has 0 bridgehead atoms. The first-order valence-electron chi connectivity index (χ1n) is 12.1. The molecule has 0 aromatic heterocycles. The molecule has 0 spiro atoms. The maximum atomic E-state index is 13.2. The Hall–Kier alpha value is -2.11. The van der Waals surface area contributed by atoms with Crippen LogP contribution < -0.4 is 0 Å². The van der Waals surface area contributed by atoms with Gasteiger partial charge in [0.05, 0.1) is 11.7 Å². The third kappa shape index (κ3) is 5.92. The highest BCUT2D eigenvalue weighted by Crippen LogP contribution is 2.46. The number of aliphatic carboxylic acids is 1. The first-order valence-corrected chi connectivity index (χ1v) is 13.1. The highest BCUT2D eigenvalue weighted by atomic mass is 32.2. The Morgan fingerprint density at radius 2 is 1.71 bits per heavy atom. The van der Waals surface area contributed by atoms with Crippen LogP contribution in [0.15, 0.2) is 51.5 Å². The maximum Gasteiger partial charge on any atom is 0.335 e. The van der Waals surface area contributed by atoms with E-state index < -0.39 is 17.5 Å². The van der Waals surface area contributed by atoms with Gasteiger partial charge in [-0.2, -0.15) is 0 Å². The first-order chi connectivity index (χ1) is 16.0. The summed E-state index contributed by atoms with van der Waals surface area (Å²) in [5.41, 5.74) is 4.92. The summed E-state index contributed by atoms with van der Waals surface area (Å²) in [6.45, 7) is 13.9. The third-order valence-electron chi connectivity index (χ3n) is 7.10. The zero-order valence-electron chi connectivity index (χ0n) is 22.0. The summed E-state index contributed by atoms with van der Waals surface area (Å²) in [5, 5.41) is 9.69. The van der Waals surface area contributed by atoms with Crippen molar-refractivity contribution in [2.75, 3.05) is 12.9 Å². The van der Waals surface area contributed by atoms with E-state index in [1.165, 1.54) is 30.6 Å². The van der Waals surface area contributed by atoms with Crippen molar-refractivity contribution in [3.63, 3.8) is 0 Å². The highest BCUT2D eigenvalue weighted by Gasteiger charge is 2.42. The van der Waals surface area contributed by atoms with Crippen molar-refractivity contribution < 1.29 is 19.4 Å². The molecule has 5 heteroatoms. The highest BCUT2D eigenvalue weighted by molar-refractivity contribution is 7.99. The van der Waals surface area contributed by atoms with Gasteiger partial charge in [0, 0.05) is 23.0 Å². The number of thioether (sulfide) groups is 1. The number of allylic oxidation sites excluding steroid dienone is 1. The Morgan fingerprint density at radius 3 is 2.24 bits per heavy atom. The zero-order chi connectivity index (χ0) is 25.6. The predicted octanol–water partition coefficient (Wildman–Crippen LogP) is 7.49. The number of ether oxygens (including phenoxy) is 1. The molecule has 0 saturated carbocycles. The van der Waals surface area contributed by atoms with E-state index in [4.69, 9.17) is 4.74 Å². The fraction of sp³-hybridized carbons (Fsp3) is 0.517. The van der Waals surface area contributed by atoms with E-state index in [0.29, 0.717) is 16.7 Å². The lowest BCUT2D eigenvalue weighted by Crippen LogP contribution is -2.39. The van der Waals surface area contributed by atoms with Gasteiger partial charge in [-0.3, -0.25) is 4.79 Å². The number of methoxy groups -OCH3 is 1. The molecule has 2 unspecified atom stereocenters. The van der Waals surface area contributed by atoms with Crippen LogP contribution in [0.5, 0.6) is 0 Å². The number of unbranched alkanes of at least 4 members (excludes halogenated alkanes) is 3. The Bertz CT molecular complexity index is 1010. The minimum Gasteiger partial charge on any atom is -0.478 e. The van der Waals surface area contributed by atoms with Crippen molar-refractivity contribution in [1.29, 1.82) is 0 Å². The molecule has 0 saturated heterocycles. The quantitative estimate of drug-likeness (QED) is 0.153. The first kappa shape index (κ1) is 28.1. The molecule has 186 valence electrons. The van der Waals surface area contributed by atoms with Crippen molar-refractivity contribution in [1.82, 2.24) is 0 Å². The summed E-state index contributed by atoms with van der Waals surface area (Å²) < 4.78 is 5.75. The second kappa shape index (κ2) is 12.0. The SMILES string of the molecule is CCCCCCSc1c(C)cc(C(=O)C=CC2(C)C(C)=C(C)C(C(=O)O)=C(C)C2OC)cc1C. The van der Waals surface area contributed by atoms with Gasteiger partial charge in [0.1, 0.15) is 0 Å². The van der Waals surface area contributed by atoms with Crippen molar-refractivity contribution in [3.05, 3.63) is 63.3 Å². The van der Waals surface area contributed by atoms with Crippen LogP contribution >= 0.6 is 11.8 Å². The van der Waals surface area contributed by atoms with E-state index >= 15 is 0 Å². The lowest BCUT2D eigenvalue weighted by atomic mass is 9.67. The molecule has 1 aromatic rings. The summed E-state index contributed by atoms with van der Waals surface area (Å²) in [4.78, 5) is 26.3. The van der Waals surface area contributed by atoms with Crippen LogP contribution in [-0.2, 0) is 9.53 Å². The normalized spacial score (nSPS) is 21.0. The second-order valence-electron chi connectivity index (χ2n) is 9.56. The summed E-state index contributed by atoms with van der Waals surface area (Å²) in [6, 6.07) is 3.96. The average Bonchev–Trinajstić information content (AvgIpc) is 2.77. The minimum atomic E-state index is -0.951. The van der Waals surface area contributed by atoms with E-state index in [2.05, 4.69) is 20.8 Å². The molecule has 0 amide bonds. The Balaban J connectivity index is 2.28. The number of carbonyl (C=O) groups excluding carboxylic acids is 1. The van der Waals surface area contributed by atoms with Gasteiger partial charge in [0.15, 0.2) is 5.78 Å². The average molecular weight is 485 g/mol. The predicted molar refractivity (Wildman–Crippen MR) is 142 cm³/mol. The Morgan fingerprint density at radius 1 is 1.09 bits per heavy atom. The van der Waals surface area contributed by atoms with Crippen molar-refractivity contribution in [2.24, 2.45) is 5.41 Å². The molecule has 0 heterocycles. The molecule has 2 rings (SSSR count). The summed E-state index contributed by atoms with van der Waals surface area (Å²) in [7, 11) is 1.58. The van der Waals surface area contributed by atoms with Gasteiger partial charge in [-0.1, -0.05) is 37.8 Å². The minimum absolute atomic E-state index is 0.0575. The molecule has 1 aromatic carbocycles. The molecule has 1 N–H and O–H groups in total. The van der Waals surface area contributed by atoms with Gasteiger partial charge in [-0.25, -0.2) is 4.79 Å². The van der Waals surface area contributed by atoms with E-state index in [-0.39, 0.29) is 5.78 Å². The van der Waals surface area contributed by atoms with Crippen molar-refractivity contribution in [2.45, 2.75) is 85.1 Å². The topological polar surface area (TPSA) is 63.6 Å². The number of hydrogen-bond donors (Lipinski definition) is 1. The summed E-state index contributed by atoms with van der Waals surface area (Å²) >= 11 is 1.88. The second-order valence-corrected chi connectivity index (χ2v) is 10.7. The molecular formula is C29H40O4S. The monoisotopic (exact) mass is 484 g/mol. The zero-order valence-corrected chi connectivity index (χ0v) is 22.8. The molecule has 0 aliphatic heterocycles. The smallest absolute Gasteiger partial charge is 0.335 e. The Kier molecular flexibility index (Phi) is 9.96. The fourth-order valence-corrected chi connectivity index (χ4v) is 6.12. The van der Waals surface area contributed by atoms with Crippen LogP contribution in [0, 0.1) is 19.3 Å². The number of hydrogen-bond acceptors (Lipinski definition) is 4. The van der Waals surface area contributed by atoms with Crippen LogP contribution in [0.1, 0.15) is 81.8 Å². The van der Waals surface area contributed by atoms with Gasteiger partial charge in [0.2, 0.25) is 0 Å². The molecule has 34 heavy (non-hydrogen) atoms. The number of aryl methyl sites for hydroxylation is 2. The molecule has 1 aliphatic rings. The van der Waals surface area contributed by atoms with E-state index in [1.807, 2.05) is 50.7 Å². The summed E-state index contributed by atoms with van der Waals surface area (Å²) in [6.07, 6.45) is 8.04. The van der Waals surface area contributed by atoms with Crippen LogP contribution in [0.25, 0.3) is 0 Å². The number of rotatable bonds is 11. The van der Waals surface area contributed by atoms with Gasteiger partial charge in [0.25, 0.3) is 0 Å². The van der Waals surface area contributed by atoms with Crippen LogP contribution in [0.4, 0.5) is 0 Å². The number of carboxylic acid groups (broad SMARTS) is 1. The fourth-order valence-electron chi connectivity index (χ4n) is 5.00. The van der Waals surface area contributed by atoms with Crippen LogP contribution in [-0.4, -0.2) is 35.8 Å². The molecule has 1 aliphatic carbocycles. The van der Waals surface area contributed by atoms with Crippen LogP contribution in [0.3, 0.4) is 0 Å². The number of benzene rings is 1. The van der Waals surface area contributed by atoms with Crippen LogP contribution in [0.2, 0.25) is 0 Å². The molecule has 0 radical (unpaired) electrons. The molecule has 0 fully saturated rings. The molecule has 4 nitrogen and oxygen atoms in total. The van der Waals surface area contributed by atoms with E-state index in [9.17, 15) is 14.7 Å². The Labute approximate surface area is 209 Å². The molecule has 2 atom stereocenters. The van der Waals surface area contributed by atoms with Gasteiger partial charge < -0.3 is 9.84 Å². The van der Waals surface area contributed by atoms with E-state index in [1.54, 1.807) is 20.1 Å². The van der Waals surface area contributed by atoms with Crippen molar-refractivity contribution >= 4 is 23.5 Å². The number of carbonyl (C=O) groups is 2. The lowest BCUT2D eigenvalue weighted by molar-refractivity contribution is -0.132.